The van der Waals surface area contributed by atoms with E-state index in [0.717, 1.165) is 37.0 Å². The standard InChI is InChI=1S/C28H27FN4O5/c1-15-28(9-3-4-10-28)20-11-17(12-21(29)24(20)30-15)32(2)27(37)38-18-6-5-16-14-33(26(36)19(16)13-18)22-7-8-23(34)31-25(22)35/h5-6,11-13,22H,3-4,7-10,14H2,1-2H3,(H,31,34,35). The number of aliphatic imine (C=N–C) groups is 1. The average Bonchev–Trinajstić information content (AvgIpc) is 3.58. The Morgan fingerprint density at radius 2 is 1.95 bits per heavy atom. The van der Waals surface area contributed by atoms with Crippen molar-refractivity contribution in [3.05, 3.63) is 52.8 Å². The maximum Gasteiger partial charge on any atom is 0.419 e. The summed E-state index contributed by atoms with van der Waals surface area (Å²) in [5.74, 6) is -1.52. The predicted octanol–water partition coefficient (Wildman–Crippen LogP) is 4.14. The van der Waals surface area contributed by atoms with Crippen molar-refractivity contribution >= 4 is 40.9 Å². The van der Waals surface area contributed by atoms with Gasteiger partial charge < -0.3 is 9.64 Å². The molecule has 2 aromatic rings. The number of nitrogens with one attached hydrogen (secondary N) is 1. The predicted molar refractivity (Wildman–Crippen MR) is 136 cm³/mol. The number of fused-ring (bicyclic) bond motifs is 3. The lowest BCUT2D eigenvalue weighted by molar-refractivity contribution is -0.136. The molecule has 4 amide bonds. The lowest BCUT2D eigenvalue weighted by Crippen LogP contribution is -2.52. The molecule has 1 unspecified atom stereocenters. The summed E-state index contributed by atoms with van der Waals surface area (Å²) in [4.78, 5) is 57.0. The molecular formula is C28H27FN4O5. The van der Waals surface area contributed by atoms with Gasteiger partial charge in [0, 0.05) is 36.7 Å². The number of amides is 4. The van der Waals surface area contributed by atoms with Crippen LogP contribution in [0.15, 0.2) is 35.3 Å². The maximum atomic E-state index is 15.1. The summed E-state index contributed by atoms with van der Waals surface area (Å²) >= 11 is 0. The van der Waals surface area contributed by atoms with Gasteiger partial charge in [0.05, 0.1) is 5.69 Å². The summed E-state index contributed by atoms with van der Waals surface area (Å²) in [7, 11) is 1.51. The molecule has 3 heterocycles. The monoisotopic (exact) mass is 518 g/mol. The highest BCUT2D eigenvalue weighted by Gasteiger charge is 2.45. The fourth-order valence-corrected chi connectivity index (χ4v) is 6.21. The van der Waals surface area contributed by atoms with E-state index in [1.165, 1.54) is 29.0 Å². The van der Waals surface area contributed by atoms with Gasteiger partial charge in [-0.2, -0.15) is 0 Å². The van der Waals surface area contributed by atoms with Crippen LogP contribution in [-0.4, -0.2) is 47.5 Å². The first-order chi connectivity index (χ1) is 18.2. The van der Waals surface area contributed by atoms with Crippen molar-refractivity contribution in [1.29, 1.82) is 0 Å². The molecular weight excluding hydrogens is 491 g/mol. The van der Waals surface area contributed by atoms with Gasteiger partial charge >= 0.3 is 6.09 Å². The number of carbonyl (C=O) groups is 4. The Morgan fingerprint density at radius 3 is 2.68 bits per heavy atom. The van der Waals surface area contributed by atoms with Gasteiger partial charge in [-0.25, -0.2) is 9.18 Å². The first-order valence-corrected chi connectivity index (χ1v) is 12.8. The smallest absolute Gasteiger partial charge is 0.410 e. The minimum Gasteiger partial charge on any atom is -0.410 e. The summed E-state index contributed by atoms with van der Waals surface area (Å²) in [6.07, 6.45) is 3.62. The second-order valence-electron chi connectivity index (χ2n) is 10.5. The zero-order valence-corrected chi connectivity index (χ0v) is 21.2. The highest BCUT2D eigenvalue weighted by Crippen LogP contribution is 2.52. The Labute approximate surface area is 218 Å². The first kappa shape index (κ1) is 24.3. The van der Waals surface area contributed by atoms with E-state index >= 15 is 4.39 Å². The topological polar surface area (TPSA) is 108 Å². The van der Waals surface area contributed by atoms with Crippen LogP contribution in [0.1, 0.15) is 66.9 Å². The first-order valence-electron chi connectivity index (χ1n) is 12.8. The molecule has 196 valence electrons. The normalized spacial score (nSPS) is 21.3. The van der Waals surface area contributed by atoms with Crippen molar-refractivity contribution in [2.24, 2.45) is 4.99 Å². The lowest BCUT2D eigenvalue weighted by atomic mass is 9.76. The van der Waals surface area contributed by atoms with E-state index in [1.54, 1.807) is 12.1 Å². The summed E-state index contributed by atoms with van der Waals surface area (Å²) < 4.78 is 20.6. The van der Waals surface area contributed by atoms with Crippen molar-refractivity contribution in [2.75, 3.05) is 11.9 Å². The van der Waals surface area contributed by atoms with E-state index < -0.39 is 23.9 Å². The molecule has 38 heavy (non-hydrogen) atoms. The van der Waals surface area contributed by atoms with Gasteiger partial charge in [-0.3, -0.25) is 29.6 Å². The number of benzene rings is 2. The second-order valence-corrected chi connectivity index (χ2v) is 10.5. The van der Waals surface area contributed by atoms with E-state index in [-0.39, 0.29) is 42.4 Å². The van der Waals surface area contributed by atoms with Crippen LogP contribution in [0.3, 0.4) is 0 Å². The molecule has 10 heteroatoms. The van der Waals surface area contributed by atoms with Crippen molar-refractivity contribution in [1.82, 2.24) is 10.2 Å². The van der Waals surface area contributed by atoms with Crippen LogP contribution >= 0.6 is 0 Å². The van der Waals surface area contributed by atoms with E-state index in [4.69, 9.17) is 4.74 Å². The highest BCUT2D eigenvalue weighted by atomic mass is 19.1. The SMILES string of the molecule is CC1=Nc2c(F)cc(N(C)C(=O)Oc3ccc4c(c3)C(=O)N(C3CCC(=O)NC3=O)C4)cc2C12CCCC2. The number of anilines is 1. The van der Waals surface area contributed by atoms with Crippen LogP contribution < -0.4 is 15.0 Å². The Morgan fingerprint density at radius 1 is 1.18 bits per heavy atom. The van der Waals surface area contributed by atoms with Crippen LogP contribution in [0.4, 0.5) is 20.6 Å². The van der Waals surface area contributed by atoms with Crippen LogP contribution in [0.25, 0.3) is 0 Å². The van der Waals surface area contributed by atoms with Crippen LogP contribution in [0.5, 0.6) is 5.75 Å². The number of nitrogens with zero attached hydrogens (tertiary/aromatic N) is 3. The molecule has 2 fully saturated rings. The summed E-state index contributed by atoms with van der Waals surface area (Å²) in [6.45, 7) is 2.17. The number of imide groups is 1. The number of halogens is 1. The second kappa shape index (κ2) is 8.75. The third-order valence-electron chi connectivity index (χ3n) is 8.36. The van der Waals surface area contributed by atoms with Gasteiger partial charge in [-0.05, 0) is 61.6 Å². The van der Waals surface area contributed by atoms with Gasteiger partial charge in [0.1, 0.15) is 17.5 Å². The number of carbonyl (C=O) groups excluding carboxylic acids is 4. The van der Waals surface area contributed by atoms with Crippen molar-refractivity contribution in [3.8, 4) is 5.75 Å². The lowest BCUT2D eigenvalue weighted by Gasteiger charge is -2.29. The van der Waals surface area contributed by atoms with E-state index in [2.05, 4.69) is 10.3 Å². The molecule has 1 atom stereocenters. The van der Waals surface area contributed by atoms with Crippen molar-refractivity contribution in [2.45, 2.75) is 63.5 Å². The molecule has 0 aromatic heterocycles. The van der Waals surface area contributed by atoms with Gasteiger partial charge in [-0.15, -0.1) is 0 Å². The van der Waals surface area contributed by atoms with Crippen molar-refractivity contribution < 1.29 is 28.3 Å². The number of rotatable bonds is 3. The molecule has 0 bridgehead atoms. The Bertz CT molecular complexity index is 1440. The minimum absolute atomic E-state index is 0.159. The molecule has 1 aliphatic carbocycles. The summed E-state index contributed by atoms with van der Waals surface area (Å²) in [5, 5.41) is 2.28. The third-order valence-corrected chi connectivity index (χ3v) is 8.36. The zero-order valence-electron chi connectivity index (χ0n) is 21.2. The number of ether oxygens (including phenoxy) is 1. The van der Waals surface area contributed by atoms with Crippen LogP contribution in [0, 0.1) is 5.82 Å². The number of hydrogen-bond donors (Lipinski definition) is 1. The Kier molecular flexibility index (Phi) is 5.59. The van der Waals surface area contributed by atoms with E-state index in [9.17, 15) is 19.2 Å². The Balaban J connectivity index is 1.20. The third kappa shape index (κ3) is 3.69. The quantitative estimate of drug-likeness (QED) is 0.615. The molecule has 1 N–H and O–H groups in total. The zero-order chi connectivity index (χ0) is 26.8. The van der Waals surface area contributed by atoms with Gasteiger partial charge in [0.25, 0.3) is 5.91 Å². The average molecular weight is 519 g/mol. The molecule has 3 aliphatic heterocycles. The van der Waals surface area contributed by atoms with Gasteiger partial charge in [0.15, 0.2) is 5.82 Å². The molecule has 9 nitrogen and oxygen atoms in total. The van der Waals surface area contributed by atoms with Crippen LogP contribution in [0.2, 0.25) is 0 Å². The number of piperidine rings is 1. The molecule has 2 aromatic carbocycles. The molecule has 1 spiro atoms. The molecule has 1 saturated heterocycles. The van der Waals surface area contributed by atoms with E-state index in [1.807, 2.05) is 13.0 Å². The fourth-order valence-electron chi connectivity index (χ4n) is 6.21. The summed E-state index contributed by atoms with van der Waals surface area (Å²) in [5.41, 5.74) is 3.22. The van der Waals surface area contributed by atoms with E-state index in [0.29, 0.717) is 22.5 Å². The largest absolute Gasteiger partial charge is 0.419 e. The minimum atomic E-state index is -0.729. The highest BCUT2D eigenvalue weighted by molar-refractivity contribution is 6.06. The van der Waals surface area contributed by atoms with Gasteiger partial charge in [0.2, 0.25) is 11.8 Å². The van der Waals surface area contributed by atoms with Crippen molar-refractivity contribution in [3.63, 3.8) is 0 Å². The number of hydrogen-bond acceptors (Lipinski definition) is 6. The maximum absolute atomic E-state index is 15.1. The van der Waals surface area contributed by atoms with Gasteiger partial charge in [-0.1, -0.05) is 18.9 Å². The molecule has 0 radical (unpaired) electrons. The molecule has 4 aliphatic rings. The fraction of sp³-hybridized carbons (Fsp3) is 0.393. The molecule has 1 saturated carbocycles. The Hall–Kier alpha value is -4.08. The molecule has 6 rings (SSSR count). The van der Waals surface area contributed by atoms with Crippen LogP contribution in [-0.2, 0) is 21.5 Å². The summed E-state index contributed by atoms with van der Waals surface area (Å²) in [6, 6.07) is 7.13.